The standard InChI is InChI=1S/C13H21N7O2S/c1-10-17-11(7-12(18-10)19(2)3)14-5-6-16-23(21,22)13-8-20(4)9-15-13/h7-9,16H,5-6H2,1-4H3,(H,14,17,18). The maximum atomic E-state index is 12.0. The molecule has 0 unspecified atom stereocenters. The van der Waals surface area contributed by atoms with Crippen molar-refractivity contribution >= 4 is 21.7 Å². The average molecular weight is 339 g/mol. The molecule has 0 spiro atoms. The van der Waals surface area contributed by atoms with Crippen LogP contribution >= 0.6 is 0 Å². The van der Waals surface area contributed by atoms with Gasteiger partial charge < -0.3 is 14.8 Å². The third kappa shape index (κ3) is 4.63. The van der Waals surface area contributed by atoms with Crippen molar-refractivity contribution in [1.29, 1.82) is 0 Å². The van der Waals surface area contributed by atoms with Crippen LogP contribution in [-0.4, -0.2) is 55.1 Å². The number of aromatic nitrogens is 4. The van der Waals surface area contributed by atoms with Crippen LogP contribution in [0.4, 0.5) is 11.6 Å². The predicted octanol–water partition coefficient (Wildman–Crippen LogP) is -0.0251. The first-order valence-electron chi connectivity index (χ1n) is 7.02. The monoisotopic (exact) mass is 339 g/mol. The van der Waals surface area contributed by atoms with E-state index < -0.39 is 10.0 Å². The van der Waals surface area contributed by atoms with Crippen LogP contribution in [0.3, 0.4) is 0 Å². The van der Waals surface area contributed by atoms with Gasteiger partial charge in [0.1, 0.15) is 17.5 Å². The maximum Gasteiger partial charge on any atom is 0.259 e. The van der Waals surface area contributed by atoms with Crippen LogP contribution in [-0.2, 0) is 17.1 Å². The van der Waals surface area contributed by atoms with Crippen molar-refractivity contribution in [2.24, 2.45) is 7.05 Å². The number of hydrogen-bond donors (Lipinski definition) is 2. The molecule has 23 heavy (non-hydrogen) atoms. The Hall–Kier alpha value is -2.20. The SMILES string of the molecule is Cc1nc(NCCNS(=O)(=O)c2cn(C)cn2)cc(N(C)C)n1. The number of nitrogens with zero attached hydrogens (tertiary/aromatic N) is 5. The summed E-state index contributed by atoms with van der Waals surface area (Å²) < 4.78 is 28.1. The molecule has 0 aliphatic carbocycles. The summed E-state index contributed by atoms with van der Waals surface area (Å²) in [5.74, 6) is 2.08. The van der Waals surface area contributed by atoms with Gasteiger partial charge in [0.25, 0.3) is 10.0 Å². The van der Waals surface area contributed by atoms with Crippen molar-refractivity contribution in [2.45, 2.75) is 11.9 Å². The van der Waals surface area contributed by atoms with Crippen LogP contribution in [0.2, 0.25) is 0 Å². The minimum absolute atomic E-state index is 0.00720. The third-order valence-corrected chi connectivity index (χ3v) is 4.31. The molecule has 2 aromatic heterocycles. The first-order chi connectivity index (χ1) is 10.8. The van der Waals surface area contributed by atoms with Crippen molar-refractivity contribution in [3.63, 3.8) is 0 Å². The Morgan fingerprint density at radius 3 is 2.61 bits per heavy atom. The minimum Gasteiger partial charge on any atom is -0.369 e. The normalized spacial score (nSPS) is 11.5. The zero-order valence-electron chi connectivity index (χ0n) is 13.6. The molecule has 0 radical (unpaired) electrons. The van der Waals surface area contributed by atoms with Crippen LogP contribution in [0, 0.1) is 6.92 Å². The van der Waals surface area contributed by atoms with Gasteiger partial charge in [-0.05, 0) is 6.92 Å². The topological polar surface area (TPSA) is 105 Å². The first-order valence-corrected chi connectivity index (χ1v) is 8.51. The molecule has 10 heteroatoms. The summed E-state index contributed by atoms with van der Waals surface area (Å²) in [6, 6.07) is 1.81. The molecule has 2 rings (SSSR count). The van der Waals surface area contributed by atoms with Crippen molar-refractivity contribution < 1.29 is 8.42 Å². The highest BCUT2D eigenvalue weighted by atomic mass is 32.2. The number of nitrogens with one attached hydrogen (secondary N) is 2. The summed E-state index contributed by atoms with van der Waals surface area (Å²) in [7, 11) is 1.92. The van der Waals surface area contributed by atoms with Crippen LogP contribution in [0.5, 0.6) is 0 Å². The summed E-state index contributed by atoms with van der Waals surface area (Å²) in [5, 5.41) is 3.09. The summed E-state index contributed by atoms with van der Waals surface area (Å²) in [4.78, 5) is 14.3. The lowest BCUT2D eigenvalue weighted by molar-refractivity contribution is 0.579. The average Bonchev–Trinajstić information content (AvgIpc) is 2.90. The highest BCUT2D eigenvalue weighted by Crippen LogP contribution is 2.13. The van der Waals surface area contributed by atoms with E-state index in [9.17, 15) is 8.42 Å². The van der Waals surface area contributed by atoms with E-state index in [1.807, 2.05) is 25.9 Å². The molecular weight excluding hydrogens is 318 g/mol. The van der Waals surface area contributed by atoms with E-state index in [1.165, 1.54) is 12.5 Å². The molecule has 0 fully saturated rings. The highest BCUT2D eigenvalue weighted by Gasteiger charge is 2.15. The Kier molecular flexibility index (Phi) is 5.16. The van der Waals surface area contributed by atoms with Crippen LogP contribution in [0.1, 0.15) is 5.82 Å². The Bertz CT molecular complexity index is 770. The van der Waals surface area contributed by atoms with Gasteiger partial charge in [-0.15, -0.1) is 0 Å². The van der Waals surface area contributed by atoms with E-state index in [1.54, 1.807) is 17.7 Å². The first kappa shape index (κ1) is 17.2. The zero-order chi connectivity index (χ0) is 17.0. The summed E-state index contributed by atoms with van der Waals surface area (Å²) in [5.41, 5.74) is 0. The largest absolute Gasteiger partial charge is 0.369 e. The van der Waals surface area contributed by atoms with E-state index in [0.29, 0.717) is 18.2 Å². The number of rotatable bonds is 7. The highest BCUT2D eigenvalue weighted by molar-refractivity contribution is 7.89. The van der Waals surface area contributed by atoms with Gasteiger partial charge in [-0.1, -0.05) is 0 Å². The molecule has 0 aliphatic rings. The summed E-state index contributed by atoms with van der Waals surface area (Å²) in [6.07, 6.45) is 2.89. The molecule has 2 N–H and O–H groups in total. The van der Waals surface area contributed by atoms with E-state index in [-0.39, 0.29) is 11.6 Å². The molecule has 0 saturated heterocycles. The number of hydrogen-bond acceptors (Lipinski definition) is 7. The quantitative estimate of drug-likeness (QED) is 0.683. The lowest BCUT2D eigenvalue weighted by Gasteiger charge is -2.14. The van der Waals surface area contributed by atoms with Gasteiger partial charge in [0.2, 0.25) is 0 Å². The number of aryl methyl sites for hydroxylation is 2. The molecule has 126 valence electrons. The molecule has 2 heterocycles. The minimum atomic E-state index is -3.59. The van der Waals surface area contributed by atoms with Crippen molar-refractivity contribution in [3.05, 3.63) is 24.4 Å². The number of anilines is 2. The second kappa shape index (κ2) is 6.92. The van der Waals surface area contributed by atoms with E-state index in [4.69, 9.17) is 0 Å². The second-order valence-electron chi connectivity index (χ2n) is 5.25. The molecule has 0 saturated carbocycles. The lowest BCUT2D eigenvalue weighted by Crippen LogP contribution is -2.29. The smallest absolute Gasteiger partial charge is 0.259 e. The summed E-state index contributed by atoms with van der Waals surface area (Å²) in [6.45, 7) is 2.43. The number of imidazole rings is 1. The van der Waals surface area contributed by atoms with Gasteiger partial charge in [0.15, 0.2) is 5.03 Å². The van der Waals surface area contributed by atoms with Gasteiger partial charge in [-0.2, -0.15) is 0 Å². The van der Waals surface area contributed by atoms with Gasteiger partial charge in [0.05, 0.1) is 6.33 Å². The molecule has 0 amide bonds. The molecule has 0 aliphatic heterocycles. The Morgan fingerprint density at radius 1 is 1.26 bits per heavy atom. The molecule has 2 aromatic rings. The van der Waals surface area contributed by atoms with Crippen LogP contribution < -0.4 is 14.9 Å². The van der Waals surface area contributed by atoms with E-state index in [2.05, 4.69) is 25.0 Å². The van der Waals surface area contributed by atoms with Crippen molar-refractivity contribution in [2.75, 3.05) is 37.4 Å². The molecule has 0 aromatic carbocycles. The Balaban J connectivity index is 1.90. The van der Waals surface area contributed by atoms with E-state index >= 15 is 0 Å². The number of sulfonamides is 1. The predicted molar refractivity (Wildman–Crippen MR) is 88.0 cm³/mol. The van der Waals surface area contributed by atoms with Crippen LogP contribution in [0.15, 0.2) is 23.6 Å². The van der Waals surface area contributed by atoms with Gasteiger partial charge >= 0.3 is 0 Å². The molecule has 9 nitrogen and oxygen atoms in total. The van der Waals surface area contributed by atoms with Crippen LogP contribution in [0.25, 0.3) is 0 Å². The fourth-order valence-electron chi connectivity index (χ4n) is 1.85. The molecule has 0 bridgehead atoms. The molecule has 0 atom stereocenters. The maximum absolute atomic E-state index is 12.0. The molecular formula is C13H21N7O2S. The van der Waals surface area contributed by atoms with Crippen molar-refractivity contribution in [3.8, 4) is 0 Å². The Labute approximate surface area is 135 Å². The van der Waals surface area contributed by atoms with Gasteiger partial charge in [-0.3, -0.25) is 0 Å². The van der Waals surface area contributed by atoms with Crippen molar-refractivity contribution in [1.82, 2.24) is 24.2 Å². The van der Waals surface area contributed by atoms with Gasteiger partial charge in [0, 0.05) is 46.5 Å². The Morgan fingerprint density at radius 2 is 2.00 bits per heavy atom. The fourth-order valence-corrected chi connectivity index (χ4v) is 2.86. The van der Waals surface area contributed by atoms with Gasteiger partial charge in [-0.25, -0.2) is 28.1 Å². The summed E-state index contributed by atoms with van der Waals surface area (Å²) >= 11 is 0. The fraction of sp³-hybridized carbons (Fsp3) is 0.462. The van der Waals surface area contributed by atoms with E-state index in [0.717, 1.165) is 5.82 Å². The lowest BCUT2D eigenvalue weighted by atomic mass is 10.4. The second-order valence-corrected chi connectivity index (χ2v) is 6.97. The zero-order valence-corrected chi connectivity index (χ0v) is 14.4. The third-order valence-electron chi connectivity index (χ3n) is 2.96.